The van der Waals surface area contributed by atoms with Crippen LogP contribution in [0.25, 0.3) is 11.1 Å². The van der Waals surface area contributed by atoms with Crippen LogP contribution in [0.15, 0.2) is 78.9 Å². The Morgan fingerprint density at radius 3 is 2.15 bits per heavy atom. The van der Waals surface area contributed by atoms with Crippen molar-refractivity contribution >= 4 is 12.0 Å². The van der Waals surface area contributed by atoms with Crippen molar-refractivity contribution in [2.75, 3.05) is 26.5 Å². The zero-order valence-corrected chi connectivity index (χ0v) is 18.9. The van der Waals surface area contributed by atoms with Crippen molar-refractivity contribution in [3.05, 3.63) is 95.6 Å². The highest BCUT2D eigenvalue weighted by molar-refractivity contribution is 5.82. The predicted octanol–water partition coefficient (Wildman–Crippen LogP) is 3.71. The van der Waals surface area contributed by atoms with Gasteiger partial charge in [0.2, 0.25) is 5.91 Å². The summed E-state index contributed by atoms with van der Waals surface area (Å²) in [5.74, 6) is -0.386. The van der Waals surface area contributed by atoms with Gasteiger partial charge in [0.1, 0.15) is 19.9 Å². The zero-order chi connectivity index (χ0) is 23.8. The molecular formula is C27H29N3O4. The van der Waals surface area contributed by atoms with Crippen LogP contribution in [0.1, 0.15) is 35.1 Å². The monoisotopic (exact) mass is 459 g/mol. The molecule has 3 aromatic carbocycles. The number of fused-ring (bicyclic) bond motifs is 3. The van der Waals surface area contributed by atoms with Crippen molar-refractivity contribution in [3.63, 3.8) is 0 Å². The topological polar surface area (TPSA) is 103 Å². The highest BCUT2D eigenvalue weighted by Crippen LogP contribution is 2.44. The van der Waals surface area contributed by atoms with Gasteiger partial charge in [0.25, 0.3) is 0 Å². The maximum atomic E-state index is 12.2. The van der Waals surface area contributed by atoms with Gasteiger partial charge in [-0.3, -0.25) is 4.79 Å². The molecule has 7 heteroatoms. The predicted molar refractivity (Wildman–Crippen MR) is 130 cm³/mol. The number of rotatable bonds is 10. The van der Waals surface area contributed by atoms with Crippen LogP contribution >= 0.6 is 0 Å². The molecule has 0 aliphatic heterocycles. The fourth-order valence-electron chi connectivity index (χ4n) is 4.15. The van der Waals surface area contributed by atoms with E-state index in [1.807, 2.05) is 54.6 Å². The smallest absolute Gasteiger partial charge is 0.407 e. The molecule has 2 amide bonds. The second-order valence-electron chi connectivity index (χ2n) is 8.14. The molecular weight excluding hydrogens is 430 g/mol. The van der Waals surface area contributed by atoms with Crippen LogP contribution < -0.4 is 16.4 Å². The number of ether oxygens (including phenoxy) is 2. The molecule has 0 radical (unpaired) electrons. The Morgan fingerprint density at radius 2 is 1.47 bits per heavy atom. The van der Waals surface area contributed by atoms with Gasteiger partial charge in [-0.15, -0.1) is 0 Å². The number of carbonyl (C=O) groups is 2. The number of nitrogens with two attached hydrogens (primary N) is 1. The molecule has 1 atom stereocenters. The first-order valence-electron chi connectivity index (χ1n) is 11.4. The van der Waals surface area contributed by atoms with Crippen molar-refractivity contribution in [2.45, 2.75) is 18.4 Å². The van der Waals surface area contributed by atoms with Crippen LogP contribution in [0.4, 0.5) is 4.79 Å². The van der Waals surface area contributed by atoms with E-state index < -0.39 is 6.09 Å². The van der Waals surface area contributed by atoms with E-state index >= 15 is 0 Å². The van der Waals surface area contributed by atoms with Gasteiger partial charge in [-0.1, -0.05) is 78.9 Å². The van der Waals surface area contributed by atoms with Gasteiger partial charge in [-0.05, 0) is 34.2 Å². The minimum absolute atomic E-state index is 0.0253. The molecule has 7 nitrogen and oxygen atoms in total. The molecule has 0 spiro atoms. The van der Waals surface area contributed by atoms with Crippen LogP contribution in [0.5, 0.6) is 0 Å². The standard InChI is InChI=1S/C27H29N3O4/c28-25(19-8-2-1-3-9-19)14-15-33-18-30-26(31)16-29-27(32)34-17-24-22-12-6-4-10-20(22)21-11-5-7-13-23(21)24/h1-13,24-25H,14-18,28H2,(H,29,32)(H,30,31)/t25-/m1/s1. The van der Waals surface area contributed by atoms with Gasteiger partial charge in [0, 0.05) is 12.0 Å². The average molecular weight is 460 g/mol. The Hall–Kier alpha value is -3.68. The molecule has 0 bridgehead atoms. The molecule has 0 heterocycles. The number of benzene rings is 3. The molecule has 0 unspecified atom stereocenters. The minimum atomic E-state index is -0.633. The highest BCUT2D eigenvalue weighted by atomic mass is 16.5. The minimum Gasteiger partial charge on any atom is -0.449 e. The van der Waals surface area contributed by atoms with Crippen molar-refractivity contribution < 1.29 is 19.1 Å². The molecule has 0 saturated heterocycles. The summed E-state index contributed by atoms with van der Waals surface area (Å²) in [7, 11) is 0. The van der Waals surface area contributed by atoms with E-state index in [1.54, 1.807) is 0 Å². The largest absolute Gasteiger partial charge is 0.449 e. The molecule has 3 aromatic rings. The second kappa shape index (κ2) is 11.4. The molecule has 0 fully saturated rings. The highest BCUT2D eigenvalue weighted by Gasteiger charge is 2.29. The van der Waals surface area contributed by atoms with Gasteiger partial charge in [0.05, 0.1) is 6.61 Å². The van der Waals surface area contributed by atoms with Crippen LogP contribution in [-0.2, 0) is 14.3 Å². The van der Waals surface area contributed by atoms with Gasteiger partial charge in [0.15, 0.2) is 0 Å². The third kappa shape index (κ3) is 5.81. The summed E-state index contributed by atoms with van der Waals surface area (Å²) in [5, 5.41) is 5.09. The van der Waals surface area contributed by atoms with Crippen molar-refractivity contribution in [1.82, 2.24) is 10.6 Å². The molecule has 1 aliphatic rings. The summed E-state index contributed by atoms with van der Waals surface area (Å²) in [4.78, 5) is 24.1. The molecule has 4 N–H and O–H groups in total. The quantitative estimate of drug-likeness (QED) is 0.317. The lowest BCUT2D eigenvalue weighted by molar-refractivity contribution is -0.121. The Morgan fingerprint density at radius 1 is 0.853 bits per heavy atom. The molecule has 4 rings (SSSR count). The number of amides is 2. The van der Waals surface area contributed by atoms with Gasteiger partial charge >= 0.3 is 6.09 Å². The van der Waals surface area contributed by atoms with Crippen LogP contribution in [0, 0.1) is 0 Å². The lowest BCUT2D eigenvalue weighted by Gasteiger charge is -2.15. The van der Waals surface area contributed by atoms with E-state index in [-0.39, 0.29) is 37.7 Å². The van der Waals surface area contributed by atoms with E-state index in [9.17, 15) is 9.59 Å². The number of hydrogen-bond acceptors (Lipinski definition) is 5. The first-order chi connectivity index (χ1) is 16.6. The second-order valence-corrected chi connectivity index (χ2v) is 8.14. The normalized spacial score (nSPS) is 13.0. The third-order valence-electron chi connectivity index (χ3n) is 5.91. The zero-order valence-electron chi connectivity index (χ0n) is 18.9. The van der Waals surface area contributed by atoms with Gasteiger partial charge in [-0.2, -0.15) is 0 Å². The van der Waals surface area contributed by atoms with Crippen molar-refractivity contribution in [3.8, 4) is 11.1 Å². The maximum Gasteiger partial charge on any atom is 0.407 e. The Kier molecular flexibility index (Phi) is 7.91. The summed E-state index contributed by atoms with van der Waals surface area (Å²) in [6.45, 7) is 0.471. The van der Waals surface area contributed by atoms with E-state index in [0.717, 1.165) is 27.8 Å². The Labute approximate surface area is 199 Å². The average Bonchev–Trinajstić information content (AvgIpc) is 3.20. The molecule has 0 saturated carbocycles. The number of hydrogen-bond donors (Lipinski definition) is 3. The Bertz CT molecular complexity index is 1070. The lowest BCUT2D eigenvalue weighted by Crippen LogP contribution is -2.38. The summed E-state index contributed by atoms with van der Waals surface area (Å²) < 4.78 is 10.9. The van der Waals surface area contributed by atoms with Crippen molar-refractivity contribution in [1.29, 1.82) is 0 Å². The molecule has 34 heavy (non-hydrogen) atoms. The van der Waals surface area contributed by atoms with Crippen LogP contribution in [0.2, 0.25) is 0 Å². The fourth-order valence-corrected chi connectivity index (χ4v) is 4.15. The molecule has 1 aliphatic carbocycles. The summed E-state index contributed by atoms with van der Waals surface area (Å²) >= 11 is 0. The summed E-state index contributed by atoms with van der Waals surface area (Å²) in [6, 6.07) is 25.9. The summed E-state index contributed by atoms with van der Waals surface area (Å²) in [5.41, 5.74) is 11.8. The van der Waals surface area contributed by atoms with E-state index in [2.05, 4.69) is 34.9 Å². The van der Waals surface area contributed by atoms with Crippen molar-refractivity contribution in [2.24, 2.45) is 5.73 Å². The van der Waals surface area contributed by atoms with E-state index in [1.165, 1.54) is 0 Å². The third-order valence-corrected chi connectivity index (χ3v) is 5.91. The maximum absolute atomic E-state index is 12.2. The number of nitrogens with one attached hydrogen (secondary N) is 2. The lowest BCUT2D eigenvalue weighted by atomic mass is 9.98. The molecule has 176 valence electrons. The molecule has 0 aromatic heterocycles. The first kappa shape index (κ1) is 23.5. The summed E-state index contributed by atoms with van der Waals surface area (Å²) in [6.07, 6.45) is 0.00416. The number of alkyl carbamates (subject to hydrolysis) is 1. The van der Waals surface area contributed by atoms with Gasteiger partial charge in [-0.25, -0.2) is 4.79 Å². The van der Waals surface area contributed by atoms with Crippen LogP contribution in [-0.4, -0.2) is 38.5 Å². The van der Waals surface area contributed by atoms with E-state index in [4.69, 9.17) is 15.2 Å². The SMILES string of the molecule is N[C@H](CCOCNC(=O)CNC(=O)OCC1c2ccccc2-c2ccccc21)c1ccccc1. The number of carbonyl (C=O) groups excluding carboxylic acids is 2. The first-order valence-corrected chi connectivity index (χ1v) is 11.4. The fraction of sp³-hybridized carbons (Fsp3) is 0.259. The van der Waals surface area contributed by atoms with Gasteiger partial charge < -0.3 is 25.8 Å². The Balaban J connectivity index is 1.14. The van der Waals surface area contributed by atoms with E-state index in [0.29, 0.717) is 13.0 Å². The van der Waals surface area contributed by atoms with Crippen LogP contribution in [0.3, 0.4) is 0 Å².